The third-order valence-corrected chi connectivity index (χ3v) is 5.35. The fourth-order valence-electron chi connectivity index (χ4n) is 3.61. The van der Waals surface area contributed by atoms with Gasteiger partial charge in [-0.15, -0.1) is 0 Å². The minimum absolute atomic E-state index is 0.105. The molecule has 1 aromatic heterocycles. The van der Waals surface area contributed by atoms with Gasteiger partial charge in [0.15, 0.2) is 0 Å². The smallest absolute Gasteiger partial charge is 0.311 e. The van der Waals surface area contributed by atoms with Gasteiger partial charge in [-0.3, -0.25) is 14.9 Å². The Hall–Kier alpha value is -3.49. The summed E-state index contributed by atoms with van der Waals surface area (Å²) in [6.45, 7) is 4.60. The van der Waals surface area contributed by atoms with Crippen molar-refractivity contribution < 1.29 is 24.0 Å². The van der Waals surface area contributed by atoms with Crippen LogP contribution in [0.5, 0.6) is 11.6 Å². The van der Waals surface area contributed by atoms with E-state index in [1.165, 1.54) is 12.1 Å². The van der Waals surface area contributed by atoms with Crippen molar-refractivity contribution in [2.45, 2.75) is 39.5 Å². The van der Waals surface area contributed by atoms with Gasteiger partial charge in [-0.1, -0.05) is 12.1 Å². The number of rotatable bonds is 9. The Kier molecular flexibility index (Phi) is 7.75. The molecule has 0 aliphatic carbocycles. The summed E-state index contributed by atoms with van der Waals surface area (Å²) in [4.78, 5) is 40.4. The van der Waals surface area contributed by atoms with Gasteiger partial charge in [-0.05, 0) is 50.8 Å². The molecule has 0 unspecified atom stereocenters. The average Bonchev–Trinajstić information content (AvgIpc) is 2.78. The molecule has 0 atom stereocenters. The Morgan fingerprint density at radius 1 is 1.16 bits per heavy atom. The van der Waals surface area contributed by atoms with E-state index in [9.17, 15) is 19.7 Å². The SMILES string of the molecule is CCOC(=O)C1CCN(c2nc(Oc3ccc(CCC(C)=O)cc3)ccc2[N+](=O)[O-])CC1. The summed E-state index contributed by atoms with van der Waals surface area (Å²) in [5, 5.41) is 11.5. The van der Waals surface area contributed by atoms with Crippen LogP contribution in [0.3, 0.4) is 0 Å². The number of hydrogen-bond acceptors (Lipinski definition) is 8. The largest absolute Gasteiger partial charge is 0.466 e. The second-order valence-corrected chi connectivity index (χ2v) is 7.71. The zero-order valence-electron chi connectivity index (χ0n) is 18.3. The number of carbonyl (C=O) groups is 2. The number of ether oxygens (including phenoxy) is 2. The van der Waals surface area contributed by atoms with Crippen molar-refractivity contribution in [1.82, 2.24) is 4.98 Å². The molecule has 32 heavy (non-hydrogen) atoms. The number of pyridine rings is 1. The first-order chi connectivity index (χ1) is 15.4. The van der Waals surface area contributed by atoms with E-state index in [2.05, 4.69) is 4.98 Å². The molecule has 0 radical (unpaired) electrons. The first-order valence-corrected chi connectivity index (χ1v) is 10.7. The highest BCUT2D eigenvalue weighted by Gasteiger charge is 2.30. The number of Topliss-reactive ketones (excluding diaryl/α,β-unsaturated/α-hetero) is 1. The molecule has 1 saturated heterocycles. The van der Waals surface area contributed by atoms with Gasteiger partial charge in [0, 0.05) is 31.6 Å². The maximum atomic E-state index is 12.0. The quantitative estimate of drug-likeness (QED) is 0.325. The first-order valence-electron chi connectivity index (χ1n) is 10.7. The molecule has 0 spiro atoms. The van der Waals surface area contributed by atoms with Crippen LogP contribution >= 0.6 is 0 Å². The highest BCUT2D eigenvalue weighted by molar-refractivity contribution is 5.75. The van der Waals surface area contributed by atoms with E-state index >= 15 is 0 Å². The number of carbonyl (C=O) groups excluding carboxylic acids is 2. The van der Waals surface area contributed by atoms with Crippen LogP contribution in [0.1, 0.15) is 38.7 Å². The maximum Gasteiger partial charge on any atom is 0.311 e. The Labute approximate surface area is 186 Å². The molecule has 170 valence electrons. The number of aryl methyl sites for hydroxylation is 1. The number of hydrogen-bond donors (Lipinski definition) is 0. The Morgan fingerprint density at radius 3 is 2.44 bits per heavy atom. The van der Waals surface area contributed by atoms with Gasteiger partial charge in [-0.25, -0.2) is 0 Å². The molecule has 0 N–H and O–H groups in total. The van der Waals surface area contributed by atoms with E-state index in [1.807, 2.05) is 17.0 Å². The molecule has 2 heterocycles. The van der Waals surface area contributed by atoms with E-state index in [0.717, 1.165) is 5.56 Å². The van der Waals surface area contributed by atoms with Gasteiger partial charge >= 0.3 is 11.7 Å². The van der Waals surface area contributed by atoms with Gasteiger partial charge in [0.05, 0.1) is 17.4 Å². The Morgan fingerprint density at radius 2 is 1.84 bits per heavy atom. The highest BCUT2D eigenvalue weighted by atomic mass is 16.6. The van der Waals surface area contributed by atoms with Crippen LogP contribution in [0, 0.1) is 16.0 Å². The summed E-state index contributed by atoms with van der Waals surface area (Å²) in [7, 11) is 0. The topological polar surface area (TPSA) is 112 Å². The monoisotopic (exact) mass is 441 g/mol. The van der Waals surface area contributed by atoms with Gasteiger partial charge in [0.1, 0.15) is 11.5 Å². The van der Waals surface area contributed by atoms with Crippen LogP contribution in [0.15, 0.2) is 36.4 Å². The lowest BCUT2D eigenvalue weighted by Gasteiger charge is -2.31. The standard InChI is InChI=1S/C23H27N3O6/c1-3-31-23(28)18-12-14-25(15-13-18)22-20(26(29)30)10-11-21(24-22)32-19-8-6-17(7-9-19)5-4-16(2)27/h6-11,18H,3-5,12-15H2,1-2H3. The predicted molar refractivity (Wildman–Crippen MR) is 118 cm³/mol. The average molecular weight is 441 g/mol. The van der Waals surface area contributed by atoms with E-state index in [1.54, 1.807) is 26.0 Å². The molecule has 1 aromatic carbocycles. The minimum Gasteiger partial charge on any atom is -0.466 e. The van der Waals surface area contributed by atoms with Crippen molar-refractivity contribution >= 4 is 23.3 Å². The number of esters is 1. The molecule has 1 aliphatic heterocycles. The van der Waals surface area contributed by atoms with E-state index in [-0.39, 0.29) is 35.1 Å². The summed E-state index contributed by atoms with van der Waals surface area (Å²) in [5.41, 5.74) is 0.917. The molecule has 0 bridgehead atoms. The number of nitro groups is 1. The maximum absolute atomic E-state index is 12.0. The van der Waals surface area contributed by atoms with Gasteiger partial charge in [0.25, 0.3) is 0 Å². The number of aromatic nitrogens is 1. The molecule has 0 amide bonds. The molecule has 9 heteroatoms. The molecular weight excluding hydrogens is 414 g/mol. The molecule has 1 fully saturated rings. The lowest BCUT2D eigenvalue weighted by atomic mass is 9.97. The summed E-state index contributed by atoms with van der Waals surface area (Å²) < 4.78 is 10.9. The van der Waals surface area contributed by atoms with Crippen LogP contribution < -0.4 is 9.64 Å². The van der Waals surface area contributed by atoms with Crippen LogP contribution in [-0.4, -0.2) is 41.4 Å². The summed E-state index contributed by atoms with van der Waals surface area (Å²) in [5.74, 6) is 0.733. The second-order valence-electron chi connectivity index (χ2n) is 7.71. The van der Waals surface area contributed by atoms with Crippen molar-refractivity contribution in [2.75, 3.05) is 24.6 Å². The van der Waals surface area contributed by atoms with Crippen molar-refractivity contribution in [3.8, 4) is 11.6 Å². The minimum atomic E-state index is -0.465. The van der Waals surface area contributed by atoms with E-state index < -0.39 is 4.92 Å². The van der Waals surface area contributed by atoms with Crippen molar-refractivity contribution in [1.29, 1.82) is 0 Å². The van der Waals surface area contributed by atoms with Crippen molar-refractivity contribution in [3.63, 3.8) is 0 Å². The molecule has 3 rings (SSSR count). The second kappa shape index (κ2) is 10.7. The van der Waals surface area contributed by atoms with Crippen LogP contribution in [-0.2, 0) is 20.7 Å². The fraction of sp³-hybridized carbons (Fsp3) is 0.435. The lowest BCUT2D eigenvalue weighted by Crippen LogP contribution is -2.37. The van der Waals surface area contributed by atoms with Gasteiger partial charge < -0.3 is 19.2 Å². The Balaban J connectivity index is 1.72. The van der Waals surface area contributed by atoms with Crippen LogP contribution in [0.25, 0.3) is 0 Å². The number of piperidine rings is 1. The normalized spacial score (nSPS) is 14.1. The third kappa shape index (κ3) is 6.03. The summed E-state index contributed by atoms with van der Waals surface area (Å²) in [6.07, 6.45) is 2.24. The zero-order valence-corrected chi connectivity index (χ0v) is 18.3. The molecule has 9 nitrogen and oxygen atoms in total. The first kappa shape index (κ1) is 23.2. The predicted octanol–water partition coefficient (Wildman–Crippen LogP) is 4.08. The fourth-order valence-corrected chi connectivity index (χ4v) is 3.61. The Bertz CT molecular complexity index is 968. The van der Waals surface area contributed by atoms with Crippen molar-refractivity contribution in [2.24, 2.45) is 5.92 Å². The van der Waals surface area contributed by atoms with E-state index in [4.69, 9.17) is 9.47 Å². The van der Waals surface area contributed by atoms with Crippen LogP contribution in [0.2, 0.25) is 0 Å². The highest BCUT2D eigenvalue weighted by Crippen LogP contribution is 2.33. The number of ketones is 1. The van der Waals surface area contributed by atoms with Gasteiger partial charge in [-0.2, -0.15) is 4.98 Å². The lowest BCUT2D eigenvalue weighted by molar-refractivity contribution is -0.384. The molecule has 0 saturated carbocycles. The van der Waals surface area contributed by atoms with Gasteiger partial charge in [0.2, 0.25) is 11.7 Å². The number of nitrogens with zero attached hydrogens (tertiary/aromatic N) is 3. The van der Waals surface area contributed by atoms with Crippen LogP contribution in [0.4, 0.5) is 11.5 Å². The number of benzene rings is 1. The number of anilines is 1. The summed E-state index contributed by atoms with van der Waals surface area (Å²) >= 11 is 0. The summed E-state index contributed by atoms with van der Waals surface area (Å²) in [6, 6.07) is 10.2. The van der Waals surface area contributed by atoms with Crippen molar-refractivity contribution in [3.05, 3.63) is 52.1 Å². The zero-order chi connectivity index (χ0) is 23.1. The van der Waals surface area contributed by atoms with E-state index in [0.29, 0.717) is 51.1 Å². The third-order valence-electron chi connectivity index (χ3n) is 5.35. The molecule has 2 aromatic rings. The molecule has 1 aliphatic rings. The molecular formula is C23H27N3O6.